The molecule has 3 nitrogen and oxygen atoms in total. The molecule has 1 heterocycles. The summed E-state index contributed by atoms with van der Waals surface area (Å²) in [6, 6.07) is 1.80. The molecule has 1 saturated carbocycles. The van der Waals surface area contributed by atoms with Crippen molar-refractivity contribution in [3.8, 4) is 0 Å². The molecule has 0 aliphatic heterocycles. The van der Waals surface area contributed by atoms with E-state index in [1.54, 1.807) is 6.07 Å². The number of methoxy groups -OCH3 is 1. The van der Waals surface area contributed by atoms with E-state index in [9.17, 15) is 4.79 Å². The van der Waals surface area contributed by atoms with E-state index in [1.165, 1.54) is 20.0 Å². The molecule has 1 aromatic heterocycles. The zero-order chi connectivity index (χ0) is 11.0. The zero-order valence-electron chi connectivity index (χ0n) is 9.33. The number of carbonyl (C=O) groups is 1. The number of hydrogen-bond acceptors (Lipinski definition) is 3. The summed E-state index contributed by atoms with van der Waals surface area (Å²) < 4.78 is 4.76. The van der Waals surface area contributed by atoms with Crippen molar-refractivity contribution in [1.82, 2.24) is 4.98 Å². The summed E-state index contributed by atoms with van der Waals surface area (Å²) >= 11 is 0. The lowest BCUT2D eigenvalue weighted by Crippen LogP contribution is -2.08. The van der Waals surface area contributed by atoms with E-state index in [2.05, 4.69) is 4.98 Å². The number of ether oxygens (including phenoxy) is 1. The van der Waals surface area contributed by atoms with E-state index >= 15 is 0 Å². The number of carbonyl (C=O) groups excluding carboxylic acids is 1. The molecule has 1 aliphatic carbocycles. The predicted molar refractivity (Wildman–Crippen MR) is 57.0 cm³/mol. The third-order valence-corrected chi connectivity index (χ3v) is 2.81. The summed E-state index contributed by atoms with van der Waals surface area (Å²) in [5.74, 6) is 0.299. The topological polar surface area (TPSA) is 39.2 Å². The minimum atomic E-state index is -0.264. The van der Waals surface area contributed by atoms with Gasteiger partial charge in [0.15, 0.2) is 0 Å². The van der Waals surface area contributed by atoms with Crippen molar-refractivity contribution in [3.05, 3.63) is 28.6 Å². The molecule has 0 aromatic carbocycles. The maximum Gasteiger partial charge on any atom is 0.338 e. The number of aryl methyl sites for hydroxylation is 1. The van der Waals surface area contributed by atoms with Gasteiger partial charge in [-0.15, -0.1) is 0 Å². The molecule has 15 heavy (non-hydrogen) atoms. The van der Waals surface area contributed by atoms with Crippen molar-refractivity contribution in [2.75, 3.05) is 7.11 Å². The highest BCUT2D eigenvalue weighted by Crippen LogP contribution is 2.41. The lowest BCUT2D eigenvalue weighted by atomic mass is 10.0. The number of pyridine rings is 1. The molecule has 80 valence electrons. The number of nitrogens with zero attached hydrogens (tertiary/aromatic N) is 1. The van der Waals surface area contributed by atoms with Gasteiger partial charge in [0.25, 0.3) is 0 Å². The van der Waals surface area contributed by atoms with E-state index in [-0.39, 0.29) is 5.97 Å². The van der Waals surface area contributed by atoms with Crippen molar-refractivity contribution in [1.29, 1.82) is 0 Å². The van der Waals surface area contributed by atoms with Crippen LogP contribution < -0.4 is 0 Å². The molecule has 3 heteroatoms. The van der Waals surface area contributed by atoms with E-state index in [0.29, 0.717) is 11.5 Å². The average molecular weight is 205 g/mol. The first kappa shape index (κ1) is 10.1. The standard InChI is InChI=1S/C12H15NO2/c1-7-6-10(12(14)15-3)8(2)11(13-7)9-4-5-9/h6,9H,4-5H2,1-3H3. The van der Waals surface area contributed by atoms with Crippen LogP contribution in [0.4, 0.5) is 0 Å². The molecule has 1 fully saturated rings. The van der Waals surface area contributed by atoms with Gasteiger partial charge in [0.05, 0.1) is 12.7 Å². The number of esters is 1. The Balaban J connectivity index is 2.49. The summed E-state index contributed by atoms with van der Waals surface area (Å²) in [4.78, 5) is 16.0. The predicted octanol–water partition coefficient (Wildman–Crippen LogP) is 2.36. The highest BCUT2D eigenvalue weighted by molar-refractivity contribution is 5.91. The van der Waals surface area contributed by atoms with E-state index in [4.69, 9.17) is 4.74 Å². The van der Waals surface area contributed by atoms with Crippen LogP contribution in [0.5, 0.6) is 0 Å². The molecular weight excluding hydrogens is 190 g/mol. The fourth-order valence-corrected chi connectivity index (χ4v) is 1.84. The number of aromatic nitrogens is 1. The van der Waals surface area contributed by atoms with Gasteiger partial charge in [-0.05, 0) is 38.3 Å². The molecule has 1 aliphatic rings. The van der Waals surface area contributed by atoms with Crippen LogP contribution in [0.3, 0.4) is 0 Å². The number of hydrogen-bond donors (Lipinski definition) is 0. The van der Waals surface area contributed by atoms with Crippen LogP contribution in [0, 0.1) is 13.8 Å². The van der Waals surface area contributed by atoms with Crippen LogP contribution in [0.25, 0.3) is 0 Å². The van der Waals surface area contributed by atoms with Crippen molar-refractivity contribution in [2.45, 2.75) is 32.6 Å². The quantitative estimate of drug-likeness (QED) is 0.696. The van der Waals surface area contributed by atoms with Crippen LogP contribution >= 0.6 is 0 Å². The third kappa shape index (κ3) is 1.87. The van der Waals surface area contributed by atoms with E-state index < -0.39 is 0 Å². The normalized spacial score (nSPS) is 15.1. The Morgan fingerprint density at radius 1 is 1.47 bits per heavy atom. The Kier molecular flexibility index (Phi) is 2.47. The highest BCUT2D eigenvalue weighted by Gasteiger charge is 2.28. The first-order valence-electron chi connectivity index (χ1n) is 5.20. The van der Waals surface area contributed by atoms with Crippen molar-refractivity contribution in [3.63, 3.8) is 0 Å². The Bertz CT molecular complexity index is 408. The van der Waals surface area contributed by atoms with Crippen LogP contribution in [0.2, 0.25) is 0 Å². The highest BCUT2D eigenvalue weighted by atomic mass is 16.5. The van der Waals surface area contributed by atoms with Crippen molar-refractivity contribution >= 4 is 5.97 Å². The van der Waals surface area contributed by atoms with Gasteiger partial charge in [0.1, 0.15) is 0 Å². The van der Waals surface area contributed by atoms with Gasteiger partial charge >= 0.3 is 5.97 Å². The second-order valence-electron chi connectivity index (χ2n) is 4.09. The molecule has 0 unspecified atom stereocenters. The molecule has 0 atom stereocenters. The molecule has 2 rings (SSSR count). The van der Waals surface area contributed by atoms with Crippen LogP contribution in [-0.4, -0.2) is 18.1 Å². The van der Waals surface area contributed by atoms with Crippen LogP contribution in [0.15, 0.2) is 6.07 Å². The molecule has 0 radical (unpaired) electrons. The number of rotatable bonds is 2. The maximum absolute atomic E-state index is 11.5. The molecular formula is C12H15NO2. The molecule has 0 saturated heterocycles. The monoisotopic (exact) mass is 205 g/mol. The van der Waals surface area contributed by atoms with Gasteiger partial charge in [-0.2, -0.15) is 0 Å². The lowest BCUT2D eigenvalue weighted by molar-refractivity contribution is 0.0599. The Morgan fingerprint density at radius 2 is 2.13 bits per heavy atom. The lowest BCUT2D eigenvalue weighted by Gasteiger charge is -2.09. The van der Waals surface area contributed by atoms with E-state index in [0.717, 1.165) is 17.0 Å². The Morgan fingerprint density at radius 3 is 2.67 bits per heavy atom. The SMILES string of the molecule is COC(=O)c1cc(C)nc(C2CC2)c1C. The van der Waals surface area contributed by atoms with Gasteiger partial charge in [-0.25, -0.2) is 4.79 Å². The van der Waals surface area contributed by atoms with Gasteiger partial charge in [-0.3, -0.25) is 4.98 Å². The average Bonchev–Trinajstić information content (AvgIpc) is 3.03. The first-order valence-corrected chi connectivity index (χ1v) is 5.20. The smallest absolute Gasteiger partial charge is 0.338 e. The fraction of sp³-hybridized carbons (Fsp3) is 0.500. The maximum atomic E-state index is 11.5. The van der Waals surface area contributed by atoms with E-state index in [1.807, 2.05) is 13.8 Å². The van der Waals surface area contributed by atoms with Crippen molar-refractivity contribution in [2.24, 2.45) is 0 Å². The third-order valence-electron chi connectivity index (χ3n) is 2.81. The van der Waals surface area contributed by atoms with Gasteiger partial charge in [-0.1, -0.05) is 0 Å². The van der Waals surface area contributed by atoms with Crippen LogP contribution in [0.1, 0.15) is 46.1 Å². The largest absolute Gasteiger partial charge is 0.465 e. The molecule has 0 bridgehead atoms. The van der Waals surface area contributed by atoms with Gasteiger partial charge < -0.3 is 4.74 Å². The minimum absolute atomic E-state index is 0.264. The summed E-state index contributed by atoms with van der Waals surface area (Å²) in [5.41, 5.74) is 3.61. The van der Waals surface area contributed by atoms with Crippen LogP contribution in [-0.2, 0) is 4.74 Å². The summed E-state index contributed by atoms with van der Waals surface area (Å²) in [6.07, 6.45) is 2.38. The Hall–Kier alpha value is -1.38. The second kappa shape index (κ2) is 3.65. The molecule has 0 spiro atoms. The minimum Gasteiger partial charge on any atom is -0.465 e. The first-order chi connectivity index (χ1) is 7.13. The summed E-state index contributed by atoms with van der Waals surface area (Å²) in [6.45, 7) is 3.87. The second-order valence-corrected chi connectivity index (χ2v) is 4.09. The molecule has 0 amide bonds. The molecule has 1 aromatic rings. The summed E-state index contributed by atoms with van der Waals surface area (Å²) in [5, 5.41) is 0. The zero-order valence-corrected chi connectivity index (χ0v) is 9.33. The fourth-order valence-electron chi connectivity index (χ4n) is 1.84. The van der Waals surface area contributed by atoms with Crippen molar-refractivity contribution < 1.29 is 9.53 Å². The molecule has 0 N–H and O–H groups in total. The van der Waals surface area contributed by atoms with Gasteiger partial charge in [0, 0.05) is 17.3 Å². The Labute approximate surface area is 89.5 Å². The summed E-state index contributed by atoms with van der Waals surface area (Å²) in [7, 11) is 1.41. The van der Waals surface area contributed by atoms with Gasteiger partial charge in [0.2, 0.25) is 0 Å².